The monoisotopic (exact) mass is 164 g/mol. The van der Waals surface area contributed by atoms with Gasteiger partial charge in [-0.1, -0.05) is 0 Å². The molecular formula is C9H10NO2. The highest BCUT2D eigenvalue weighted by atomic mass is 16.5. The van der Waals surface area contributed by atoms with E-state index in [1.54, 1.807) is 16.8 Å². The summed E-state index contributed by atoms with van der Waals surface area (Å²) in [6.07, 6.45) is 3.55. The third kappa shape index (κ3) is 1.28. The van der Waals surface area contributed by atoms with Crippen LogP contribution in [0.4, 0.5) is 0 Å². The molecule has 1 atom stereocenters. The van der Waals surface area contributed by atoms with Crippen LogP contribution in [0.5, 0.6) is 0 Å². The number of rotatable bonds is 1. The van der Waals surface area contributed by atoms with Crippen LogP contribution in [0.1, 0.15) is 19.1 Å². The number of hydrogen-bond donors (Lipinski definition) is 0. The van der Waals surface area contributed by atoms with Gasteiger partial charge in [0.05, 0.1) is 0 Å². The van der Waals surface area contributed by atoms with Crippen LogP contribution in [0, 0.1) is 6.07 Å². The molecule has 0 N–H and O–H groups in total. The second-order valence-electron chi connectivity index (χ2n) is 2.84. The second-order valence-corrected chi connectivity index (χ2v) is 2.84. The Hall–Kier alpha value is -1.09. The minimum atomic E-state index is -0.0602. The van der Waals surface area contributed by atoms with Gasteiger partial charge in [-0.15, -0.1) is 0 Å². The lowest BCUT2D eigenvalue weighted by Gasteiger charge is -2.11. The molecule has 0 bridgehead atoms. The van der Waals surface area contributed by atoms with E-state index in [0.717, 1.165) is 19.4 Å². The minimum absolute atomic E-state index is 0.0133. The lowest BCUT2D eigenvalue weighted by molar-refractivity contribution is 0.0537. The molecule has 0 spiro atoms. The quantitative estimate of drug-likeness (QED) is 0.619. The summed E-state index contributed by atoms with van der Waals surface area (Å²) in [4.78, 5) is 11.3. The van der Waals surface area contributed by atoms with Gasteiger partial charge in [0, 0.05) is 18.9 Å². The molecular weight excluding hydrogens is 154 g/mol. The summed E-state index contributed by atoms with van der Waals surface area (Å²) >= 11 is 0. The zero-order valence-electron chi connectivity index (χ0n) is 6.69. The van der Waals surface area contributed by atoms with E-state index < -0.39 is 0 Å². The van der Waals surface area contributed by atoms with Crippen molar-refractivity contribution in [1.29, 1.82) is 0 Å². The van der Waals surface area contributed by atoms with Gasteiger partial charge in [0.1, 0.15) is 6.23 Å². The van der Waals surface area contributed by atoms with Gasteiger partial charge >= 0.3 is 0 Å². The van der Waals surface area contributed by atoms with E-state index in [4.69, 9.17) is 4.74 Å². The van der Waals surface area contributed by atoms with Crippen LogP contribution in [0.2, 0.25) is 0 Å². The molecule has 0 aliphatic carbocycles. The summed E-state index contributed by atoms with van der Waals surface area (Å²) in [6, 6.07) is 5.98. The summed E-state index contributed by atoms with van der Waals surface area (Å²) in [5.74, 6) is 0. The maximum Gasteiger partial charge on any atom is 0.252 e. The fourth-order valence-electron chi connectivity index (χ4n) is 1.40. The Labute approximate surface area is 70.6 Å². The smallest absolute Gasteiger partial charge is 0.252 e. The maximum atomic E-state index is 11.3. The first-order chi connectivity index (χ1) is 5.88. The molecule has 3 nitrogen and oxygen atoms in total. The van der Waals surface area contributed by atoms with E-state index in [9.17, 15) is 4.79 Å². The van der Waals surface area contributed by atoms with Gasteiger partial charge in [0.25, 0.3) is 5.56 Å². The van der Waals surface area contributed by atoms with Gasteiger partial charge in [-0.25, -0.2) is 0 Å². The van der Waals surface area contributed by atoms with E-state index in [-0.39, 0.29) is 11.8 Å². The van der Waals surface area contributed by atoms with Gasteiger partial charge < -0.3 is 4.74 Å². The highest BCUT2D eigenvalue weighted by Crippen LogP contribution is 2.20. The molecule has 63 valence electrons. The van der Waals surface area contributed by atoms with Crippen LogP contribution in [-0.2, 0) is 4.74 Å². The highest BCUT2D eigenvalue weighted by molar-refractivity contribution is 4.92. The normalized spacial score (nSPS) is 22.8. The Morgan fingerprint density at radius 3 is 3.25 bits per heavy atom. The summed E-state index contributed by atoms with van der Waals surface area (Å²) in [5.41, 5.74) is -0.0133. The van der Waals surface area contributed by atoms with Crippen molar-refractivity contribution < 1.29 is 4.74 Å². The molecule has 0 saturated carbocycles. The molecule has 1 aromatic rings. The van der Waals surface area contributed by atoms with Crippen molar-refractivity contribution in [1.82, 2.24) is 4.57 Å². The molecule has 1 unspecified atom stereocenters. The lowest BCUT2D eigenvalue weighted by Crippen LogP contribution is -2.22. The number of pyridine rings is 1. The predicted octanol–water partition coefficient (Wildman–Crippen LogP) is 0.957. The van der Waals surface area contributed by atoms with Crippen LogP contribution in [0.15, 0.2) is 23.1 Å². The van der Waals surface area contributed by atoms with E-state index >= 15 is 0 Å². The van der Waals surface area contributed by atoms with Gasteiger partial charge in [0.15, 0.2) is 0 Å². The van der Waals surface area contributed by atoms with Crippen molar-refractivity contribution in [2.45, 2.75) is 19.1 Å². The van der Waals surface area contributed by atoms with E-state index in [2.05, 4.69) is 6.07 Å². The van der Waals surface area contributed by atoms with Crippen molar-refractivity contribution in [3.05, 3.63) is 34.7 Å². The molecule has 3 heteroatoms. The fourth-order valence-corrected chi connectivity index (χ4v) is 1.40. The lowest BCUT2D eigenvalue weighted by atomic mass is 10.3. The van der Waals surface area contributed by atoms with Crippen molar-refractivity contribution >= 4 is 0 Å². The minimum Gasteiger partial charge on any atom is -0.358 e. The van der Waals surface area contributed by atoms with Crippen molar-refractivity contribution in [3.8, 4) is 0 Å². The summed E-state index contributed by atoms with van der Waals surface area (Å²) in [6.45, 7) is 0.756. The average Bonchev–Trinajstić information content (AvgIpc) is 2.57. The standard InChI is InChI=1S/C9H10NO2/c11-8-4-1-2-6-10(8)9-5-3-7-12-9/h1,4,6,9H,3,5,7H2. The van der Waals surface area contributed by atoms with Crippen LogP contribution in [0.25, 0.3) is 0 Å². The van der Waals surface area contributed by atoms with Gasteiger partial charge in [-0.2, -0.15) is 0 Å². The van der Waals surface area contributed by atoms with Crippen LogP contribution < -0.4 is 5.56 Å². The van der Waals surface area contributed by atoms with E-state index in [0.29, 0.717) is 0 Å². The fraction of sp³-hybridized carbons (Fsp3) is 0.444. The Balaban J connectivity index is 2.32. The summed E-state index contributed by atoms with van der Waals surface area (Å²) in [7, 11) is 0. The Kier molecular flexibility index (Phi) is 1.96. The largest absolute Gasteiger partial charge is 0.358 e. The van der Waals surface area contributed by atoms with Gasteiger partial charge in [-0.3, -0.25) is 9.36 Å². The van der Waals surface area contributed by atoms with Crippen molar-refractivity contribution in [3.63, 3.8) is 0 Å². The molecule has 1 fully saturated rings. The predicted molar refractivity (Wildman–Crippen MR) is 43.8 cm³/mol. The van der Waals surface area contributed by atoms with Crippen molar-refractivity contribution in [2.75, 3.05) is 6.61 Å². The topological polar surface area (TPSA) is 31.2 Å². The van der Waals surface area contributed by atoms with Crippen LogP contribution in [0.3, 0.4) is 0 Å². The first-order valence-electron chi connectivity index (χ1n) is 4.08. The molecule has 1 saturated heterocycles. The number of hydrogen-bond acceptors (Lipinski definition) is 2. The molecule has 2 rings (SSSR count). The molecule has 1 aliphatic rings. The highest BCUT2D eigenvalue weighted by Gasteiger charge is 2.17. The Morgan fingerprint density at radius 2 is 2.58 bits per heavy atom. The zero-order chi connectivity index (χ0) is 8.39. The van der Waals surface area contributed by atoms with Crippen molar-refractivity contribution in [2.24, 2.45) is 0 Å². The first kappa shape index (κ1) is 7.55. The van der Waals surface area contributed by atoms with Gasteiger partial charge in [0.2, 0.25) is 0 Å². The first-order valence-corrected chi connectivity index (χ1v) is 4.08. The molecule has 12 heavy (non-hydrogen) atoms. The van der Waals surface area contributed by atoms with Crippen LogP contribution >= 0.6 is 0 Å². The molecule has 0 aromatic carbocycles. The molecule has 0 amide bonds. The Bertz CT molecular complexity index is 312. The zero-order valence-corrected chi connectivity index (χ0v) is 6.69. The number of aromatic nitrogens is 1. The molecule has 1 aromatic heterocycles. The van der Waals surface area contributed by atoms with Gasteiger partial charge in [-0.05, 0) is 25.0 Å². The molecule has 2 heterocycles. The van der Waals surface area contributed by atoms with E-state index in [1.807, 2.05) is 0 Å². The Morgan fingerprint density at radius 1 is 1.67 bits per heavy atom. The van der Waals surface area contributed by atoms with E-state index in [1.165, 1.54) is 6.07 Å². The SMILES string of the molecule is O=c1cc[c]cn1C1CCCO1. The molecule has 1 aliphatic heterocycles. The third-order valence-electron chi connectivity index (χ3n) is 2.01. The summed E-state index contributed by atoms with van der Waals surface area (Å²) < 4.78 is 6.95. The third-order valence-corrected chi connectivity index (χ3v) is 2.01. The van der Waals surface area contributed by atoms with Crippen LogP contribution in [-0.4, -0.2) is 11.2 Å². The number of nitrogens with zero attached hydrogens (tertiary/aromatic N) is 1. The summed E-state index contributed by atoms with van der Waals surface area (Å²) in [5, 5.41) is 0. The molecule has 1 radical (unpaired) electrons. The average molecular weight is 164 g/mol. The number of ether oxygens (including phenoxy) is 1. The maximum absolute atomic E-state index is 11.3. The second kappa shape index (κ2) is 3.11.